The second kappa shape index (κ2) is 7.83. The van der Waals surface area contributed by atoms with E-state index in [1.165, 1.54) is 0 Å². The molecule has 0 fully saturated rings. The predicted molar refractivity (Wildman–Crippen MR) is 81.7 cm³/mol. The lowest BCUT2D eigenvalue weighted by molar-refractivity contribution is -0.143. The van der Waals surface area contributed by atoms with Gasteiger partial charge in [-0.15, -0.1) is 0 Å². The van der Waals surface area contributed by atoms with Crippen LogP contribution in [0.5, 0.6) is 0 Å². The van der Waals surface area contributed by atoms with Crippen LogP contribution in [0.1, 0.15) is 31.8 Å². The fraction of sp³-hybridized carbons (Fsp3) is 0.111. The summed E-state index contributed by atoms with van der Waals surface area (Å²) in [5.74, 6) is -2.86. The zero-order valence-electron chi connectivity index (χ0n) is 13.6. The van der Waals surface area contributed by atoms with Gasteiger partial charge in [-0.05, 0) is 42.5 Å². The number of hydrogen-bond acceptors (Lipinski definition) is 3. The van der Waals surface area contributed by atoms with E-state index in [2.05, 4.69) is 4.74 Å². The van der Waals surface area contributed by atoms with Crippen LogP contribution in [0.3, 0.4) is 0 Å². The normalized spacial score (nSPS) is 12.2. The first-order valence-electron chi connectivity index (χ1n) is 7.35. The minimum absolute atomic E-state index is 0.0205. The molecule has 0 radical (unpaired) electrons. The van der Waals surface area contributed by atoms with E-state index in [9.17, 15) is 40.3 Å². The number of allylic oxidation sites excluding steroid dienone is 1. The molecule has 0 atom stereocenters. The lowest BCUT2D eigenvalue weighted by Crippen LogP contribution is -2.14. The van der Waals surface area contributed by atoms with Crippen molar-refractivity contribution in [2.75, 3.05) is 0 Å². The zero-order chi connectivity index (χ0) is 21.1. The molecule has 2 aromatic carbocycles. The fourth-order valence-electron chi connectivity index (χ4n) is 2.01. The molecule has 0 aliphatic heterocycles. The molecule has 0 aromatic heterocycles. The summed E-state index contributed by atoms with van der Waals surface area (Å²) in [6.45, 7) is 0. The van der Waals surface area contributed by atoms with Crippen LogP contribution in [-0.4, -0.2) is 11.8 Å². The number of alkyl halides is 6. The second-order valence-electron chi connectivity index (χ2n) is 5.37. The molecule has 0 bridgehead atoms. The van der Waals surface area contributed by atoms with Crippen LogP contribution in [0, 0.1) is 5.82 Å². The van der Waals surface area contributed by atoms with Gasteiger partial charge < -0.3 is 4.74 Å². The minimum atomic E-state index is -5.12. The summed E-state index contributed by atoms with van der Waals surface area (Å²) in [5.41, 5.74) is -4.34. The van der Waals surface area contributed by atoms with Crippen LogP contribution < -0.4 is 0 Å². The molecule has 0 amide bonds. The lowest BCUT2D eigenvalue weighted by Gasteiger charge is -2.13. The third-order valence-corrected chi connectivity index (χ3v) is 3.35. The van der Waals surface area contributed by atoms with Crippen molar-refractivity contribution < 1.29 is 45.1 Å². The van der Waals surface area contributed by atoms with Gasteiger partial charge in [0.05, 0.1) is 23.0 Å². The number of ketones is 1. The molecule has 0 N–H and O–H groups in total. The number of carbonyl (C=O) groups excluding carboxylic acids is 2. The SMILES string of the molecule is O=C(/C=C/OC(=O)c1cc(C(F)(F)F)cc(C(F)(F)F)c1)c1ccc(F)cc1. The Morgan fingerprint density at radius 1 is 0.786 bits per heavy atom. The Bertz CT molecular complexity index is 878. The lowest BCUT2D eigenvalue weighted by atomic mass is 10.0. The van der Waals surface area contributed by atoms with Gasteiger partial charge in [-0.2, -0.15) is 26.3 Å². The Kier molecular flexibility index (Phi) is 5.91. The molecule has 0 spiro atoms. The van der Waals surface area contributed by atoms with Gasteiger partial charge in [-0.25, -0.2) is 9.18 Å². The number of ether oxygens (including phenoxy) is 1. The average molecular weight is 406 g/mol. The van der Waals surface area contributed by atoms with E-state index < -0.39 is 46.6 Å². The molecule has 0 heterocycles. The summed E-state index contributed by atoms with van der Waals surface area (Å²) in [4.78, 5) is 23.5. The second-order valence-corrected chi connectivity index (χ2v) is 5.37. The van der Waals surface area contributed by atoms with Gasteiger partial charge in [0.15, 0.2) is 5.78 Å². The smallest absolute Gasteiger partial charge is 0.416 e. The fourth-order valence-corrected chi connectivity index (χ4v) is 2.01. The molecule has 3 nitrogen and oxygen atoms in total. The minimum Gasteiger partial charge on any atom is -0.431 e. The molecular formula is C18H9F7O3. The monoisotopic (exact) mass is 406 g/mol. The van der Waals surface area contributed by atoms with Crippen molar-refractivity contribution in [3.05, 3.63) is 82.9 Å². The van der Waals surface area contributed by atoms with Crippen molar-refractivity contribution in [3.8, 4) is 0 Å². The standard InChI is InChI=1S/C18H9F7O3/c19-14-3-1-10(2-4-14)15(26)5-6-28-16(27)11-7-12(17(20,21)22)9-13(8-11)18(23,24)25/h1-9H/b6-5+. The maximum atomic E-state index is 12.8. The maximum Gasteiger partial charge on any atom is 0.416 e. The first-order chi connectivity index (χ1) is 12.9. The number of esters is 1. The van der Waals surface area contributed by atoms with E-state index in [1.807, 2.05) is 0 Å². The molecule has 0 aliphatic rings. The van der Waals surface area contributed by atoms with Crippen molar-refractivity contribution >= 4 is 11.8 Å². The highest BCUT2D eigenvalue weighted by Gasteiger charge is 2.37. The Morgan fingerprint density at radius 3 is 1.75 bits per heavy atom. The number of halogens is 7. The van der Waals surface area contributed by atoms with E-state index in [4.69, 9.17) is 0 Å². The highest BCUT2D eigenvalue weighted by atomic mass is 19.4. The molecular weight excluding hydrogens is 397 g/mol. The predicted octanol–water partition coefficient (Wildman–Crippen LogP) is 5.42. The summed E-state index contributed by atoms with van der Waals surface area (Å²) in [6.07, 6.45) is -9.01. The Labute approximate surface area is 153 Å². The number of rotatable bonds is 4. The molecule has 0 aliphatic carbocycles. The third-order valence-electron chi connectivity index (χ3n) is 3.35. The van der Waals surface area contributed by atoms with E-state index >= 15 is 0 Å². The van der Waals surface area contributed by atoms with Crippen LogP contribution in [0.2, 0.25) is 0 Å². The summed E-state index contributed by atoms with van der Waals surface area (Å²) >= 11 is 0. The van der Waals surface area contributed by atoms with Gasteiger partial charge in [0.1, 0.15) is 5.82 Å². The van der Waals surface area contributed by atoms with Gasteiger partial charge in [0.2, 0.25) is 0 Å². The van der Waals surface area contributed by atoms with Crippen molar-refractivity contribution in [1.82, 2.24) is 0 Å². The first kappa shape index (κ1) is 21.1. The van der Waals surface area contributed by atoms with Crippen LogP contribution in [0.25, 0.3) is 0 Å². The summed E-state index contributed by atoms with van der Waals surface area (Å²) in [6, 6.07) is 4.52. The largest absolute Gasteiger partial charge is 0.431 e. The zero-order valence-corrected chi connectivity index (χ0v) is 13.6. The number of carbonyl (C=O) groups is 2. The highest BCUT2D eigenvalue weighted by molar-refractivity contribution is 6.04. The van der Waals surface area contributed by atoms with Gasteiger partial charge in [-0.3, -0.25) is 4.79 Å². The van der Waals surface area contributed by atoms with Crippen LogP contribution in [-0.2, 0) is 17.1 Å². The quantitative estimate of drug-likeness (QED) is 0.224. The van der Waals surface area contributed by atoms with Crippen LogP contribution in [0.15, 0.2) is 54.8 Å². The number of benzene rings is 2. The van der Waals surface area contributed by atoms with Gasteiger partial charge in [-0.1, -0.05) is 0 Å². The topological polar surface area (TPSA) is 43.4 Å². The Balaban J connectivity index is 2.21. The maximum absolute atomic E-state index is 12.8. The highest BCUT2D eigenvalue weighted by Crippen LogP contribution is 2.36. The molecule has 2 rings (SSSR count). The molecule has 148 valence electrons. The van der Waals surface area contributed by atoms with Crippen molar-refractivity contribution in [2.45, 2.75) is 12.4 Å². The molecule has 0 saturated heterocycles. The Morgan fingerprint density at radius 2 is 1.29 bits per heavy atom. The Hall–Kier alpha value is -3.17. The van der Waals surface area contributed by atoms with Gasteiger partial charge in [0, 0.05) is 11.6 Å². The van der Waals surface area contributed by atoms with Crippen LogP contribution >= 0.6 is 0 Å². The van der Waals surface area contributed by atoms with Gasteiger partial charge >= 0.3 is 18.3 Å². The van der Waals surface area contributed by atoms with Gasteiger partial charge in [0.25, 0.3) is 0 Å². The van der Waals surface area contributed by atoms with E-state index in [-0.39, 0.29) is 23.8 Å². The molecule has 0 unspecified atom stereocenters. The molecule has 0 saturated carbocycles. The van der Waals surface area contributed by atoms with Crippen LogP contribution in [0.4, 0.5) is 30.7 Å². The van der Waals surface area contributed by atoms with E-state index in [0.29, 0.717) is 12.3 Å². The molecule has 10 heteroatoms. The third kappa shape index (κ3) is 5.41. The summed E-state index contributed by atoms with van der Waals surface area (Å²) < 4.78 is 93.8. The van der Waals surface area contributed by atoms with Crippen molar-refractivity contribution in [2.24, 2.45) is 0 Å². The average Bonchev–Trinajstić information content (AvgIpc) is 2.60. The summed E-state index contributed by atoms with van der Waals surface area (Å²) in [5, 5.41) is 0. The van der Waals surface area contributed by atoms with E-state index in [1.54, 1.807) is 0 Å². The molecule has 2 aromatic rings. The van der Waals surface area contributed by atoms with E-state index in [0.717, 1.165) is 24.3 Å². The first-order valence-corrected chi connectivity index (χ1v) is 7.35. The van der Waals surface area contributed by atoms with Crippen molar-refractivity contribution in [1.29, 1.82) is 0 Å². The summed E-state index contributed by atoms with van der Waals surface area (Å²) in [7, 11) is 0. The number of hydrogen-bond donors (Lipinski definition) is 0. The molecule has 28 heavy (non-hydrogen) atoms. The van der Waals surface area contributed by atoms with Crippen molar-refractivity contribution in [3.63, 3.8) is 0 Å².